The maximum Gasteiger partial charge on any atom is 0.183 e. The largest absolute Gasteiger partial charge is 0.271 e. The van der Waals surface area contributed by atoms with Crippen LogP contribution in [-0.4, -0.2) is 26.1 Å². The lowest BCUT2D eigenvalue weighted by atomic mass is 10.1. The van der Waals surface area contributed by atoms with E-state index in [-0.39, 0.29) is 0 Å². The van der Waals surface area contributed by atoms with E-state index in [1.807, 2.05) is 36.7 Å². The van der Waals surface area contributed by atoms with E-state index >= 15 is 0 Å². The molecule has 23 heavy (non-hydrogen) atoms. The number of hydrogen-bond acceptors (Lipinski definition) is 5. The van der Waals surface area contributed by atoms with Crippen molar-refractivity contribution in [2.75, 3.05) is 12.5 Å². The van der Waals surface area contributed by atoms with Crippen molar-refractivity contribution in [1.82, 2.24) is 5.32 Å². The molecule has 1 N–H and O–H groups in total. The van der Waals surface area contributed by atoms with Gasteiger partial charge in [-0.2, -0.15) is 5.26 Å². The highest BCUT2D eigenvalue weighted by Crippen LogP contribution is 2.25. The molecule has 0 amide bonds. The predicted molar refractivity (Wildman–Crippen MR) is 94.3 cm³/mol. The third-order valence-electron chi connectivity index (χ3n) is 3.05. The second kappa shape index (κ2) is 7.31. The van der Waals surface area contributed by atoms with E-state index in [1.54, 1.807) is 24.3 Å². The van der Waals surface area contributed by atoms with Crippen LogP contribution in [0.5, 0.6) is 0 Å². The minimum Gasteiger partial charge on any atom is -0.271 e. The standard InChI is InChI=1S/C16H15N3O2S2/c1-22-16(18-11-17)19-14-5-3-4-13(10-14)12-6-8-15(9-7-12)23(2,20)21/h3-10H,1-2H3,(H,18,19). The van der Waals surface area contributed by atoms with Crippen molar-refractivity contribution in [3.8, 4) is 17.3 Å². The van der Waals surface area contributed by atoms with Crippen LogP contribution in [0.25, 0.3) is 11.1 Å². The van der Waals surface area contributed by atoms with Gasteiger partial charge in [-0.1, -0.05) is 36.0 Å². The number of nitrogens with one attached hydrogen (secondary N) is 1. The highest BCUT2D eigenvalue weighted by molar-refractivity contribution is 8.13. The Morgan fingerprint density at radius 3 is 2.43 bits per heavy atom. The van der Waals surface area contributed by atoms with Crippen molar-refractivity contribution in [1.29, 1.82) is 5.26 Å². The molecule has 0 fully saturated rings. The fourth-order valence-corrected chi connectivity index (χ4v) is 2.91. The minimum absolute atomic E-state index is 0.290. The van der Waals surface area contributed by atoms with Crippen LogP contribution in [0.1, 0.15) is 0 Å². The number of thioether (sulfide) groups is 1. The third kappa shape index (κ3) is 4.58. The molecule has 118 valence electrons. The predicted octanol–water partition coefficient (Wildman–Crippen LogP) is 3.18. The Morgan fingerprint density at radius 1 is 1.17 bits per heavy atom. The molecule has 2 rings (SSSR count). The van der Waals surface area contributed by atoms with Gasteiger partial charge >= 0.3 is 0 Å². The average Bonchev–Trinajstić information content (AvgIpc) is 2.54. The van der Waals surface area contributed by atoms with Crippen LogP contribution >= 0.6 is 11.8 Å². The van der Waals surface area contributed by atoms with E-state index in [2.05, 4.69) is 10.3 Å². The molecule has 0 saturated carbocycles. The van der Waals surface area contributed by atoms with Gasteiger partial charge in [-0.25, -0.2) is 13.4 Å². The van der Waals surface area contributed by atoms with Gasteiger partial charge in [-0.15, -0.1) is 0 Å². The van der Waals surface area contributed by atoms with E-state index in [4.69, 9.17) is 5.26 Å². The number of nitrogens with zero attached hydrogens (tertiary/aromatic N) is 2. The first-order valence-corrected chi connectivity index (χ1v) is 9.74. The lowest BCUT2D eigenvalue weighted by Gasteiger charge is -2.05. The molecule has 0 atom stereocenters. The van der Waals surface area contributed by atoms with E-state index in [1.165, 1.54) is 18.0 Å². The van der Waals surface area contributed by atoms with Crippen molar-refractivity contribution in [2.45, 2.75) is 4.90 Å². The lowest BCUT2D eigenvalue weighted by Crippen LogP contribution is -2.12. The molecule has 0 heterocycles. The van der Waals surface area contributed by atoms with E-state index in [0.717, 1.165) is 11.1 Å². The number of benzene rings is 2. The Labute approximate surface area is 140 Å². The Hall–Kier alpha value is -2.30. The van der Waals surface area contributed by atoms with Crippen molar-refractivity contribution < 1.29 is 8.42 Å². The van der Waals surface area contributed by atoms with Gasteiger partial charge in [0.05, 0.1) is 10.6 Å². The van der Waals surface area contributed by atoms with Crippen molar-refractivity contribution in [3.05, 3.63) is 48.5 Å². The van der Waals surface area contributed by atoms with Crippen LogP contribution in [-0.2, 0) is 9.84 Å². The summed E-state index contributed by atoms with van der Waals surface area (Å²) in [6.45, 7) is 0. The molecule has 0 aliphatic rings. The Bertz CT molecular complexity index is 867. The fourth-order valence-electron chi connectivity index (χ4n) is 1.94. The Balaban J connectivity index is 2.35. The minimum atomic E-state index is -3.20. The fraction of sp³-hybridized carbons (Fsp3) is 0.125. The van der Waals surface area contributed by atoms with E-state index in [9.17, 15) is 8.42 Å². The molecule has 2 aromatic rings. The summed E-state index contributed by atoms with van der Waals surface area (Å²) in [7, 11) is -3.20. The molecule has 0 saturated heterocycles. The first-order valence-electron chi connectivity index (χ1n) is 6.62. The molecule has 5 nitrogen and oxygen atoms in total. The molecule has 0 aliphatic heterocycles. The van der Waals surface area contributed by atoms with Crippen LogP contribution in [0.3, 0.4) is 0 Å². The van der Waals surface area contributed by atoms with Gasteiger partial charge in [0.15, 0.2) is 21.2 Å². The molecule has 0 spiro atoms. The van der Waals surface area contributed by atoms with E-state index < -0.39 is 9.84 Å². The number of sulfone groups is 1. The average molecular weight is 345 g/mol. The van der Waals surface area contributed by atoms with Crippen LogP contribution in [0.2, 0.25) is 0 Å². The quantitative estimate of drug-likeness (QED) is 0.400. The molecule has 0 unspecified atom stereocenters. The summed E-state index contributed by atoms with van der Waals surface area (Å²) < 4.78 is 23.0. The molecular weight excluding hydrogens is 330 g/mol. The summed E-state index contributed by atoms with van der Waals surface area (Å²) in [4.78, 5) is 4.65. The van der Waals surface area contributed by atoms with Crippen LogP contribution < -0.4 is 5.32 Å². The molecular formula is C16H15N3O2S2. The topological polar surface area (TPSA) is 82.3 Å². The summed E-state index contributed by atoms with van der Waals surface area (Å²) in [5, 5.41) is 11.7. The third-order valence-corrected chi connectivity index (χ3v) is 4.76. The van der Waals surface area contributed by atoms with Gasteiger partial charge in [-0.3, -0.25) is 5.32 Å². The van der Waals surface area contributed by atoms with Gasteiger partial charge in [0.2, 0.25) is 0 Å². The van der Waals surface area contributed by atoms with Gasteiger partial charge in [0.25, 0.3) is 0 Å². The summed E-state index contributed by atoms with van der Waals surface area (Å²) in [6, 6.07) is 14.2. The Morgan fingerprint density at radius 2 is 1.87 bits per heavy atom. The SMILES string of the molecule is CSC(=Nc1cccc(-c2ccc(S(C)(=O)=O)cc2)c1)NC#N. The maximum absolute atomic E-state index is 11.5. The zero-order chi connectivity index (χ0) is 16.9. The first-order chi connectivity index (χ1) is 10.9. The number of aliphatic imine (C=N–C) groups is 1. The number of amidine groups is 1. The number of rotatable bonds is 3. The lowest BCUT2D eigenvalue weighted by molar-refractivity contribution is 0.602. The highest BCUT2D eigenvalue weighted by atomic mass is 32.2. The zero-order valence-electron chi connectivity index (χ0n) is 12.6. The smallest absolute Gasteiger partial charge is 0.183 e. The maximum atomic E-state index is 11.5. The highest BCUT2D eigenvalue weighted by Gasteiger charge is 2.07. The molecule has 0 aromatic heterocycles. The molecule has 2 aromatic carbocycles. The molecule has 0 bridgehead atoms. The summed E-state index contributed by atoms with van der Waals surface area (Å²) in [5.41, 5.74) is 2.53. The van der Waals surface area contributed by atoms with Gasteiger partial charge in [-0.05, 0) is 41.6 Å². The van der Waals surface area contributed by atoms with Crippen LogP contribution in [0.4, 0.5) is 5.69 Å². The summed E-state index contributed by atoms with van der Waals surface area (Å²) >= 11 is 1.35. The monoisotopic (exact) mass is 345 g/mol. The summed E-state index contributed by atoms with van der Waals surface area (Å²) in [5.74, 6) is 0. The number of hydrogen-bond donors (Lipinski definition) is 1. The second-order valence-electron chi connectivity index (χ2n) is 4.70. The zero-order valence-corrected chi connectivity index (χ0v) is 14.3. The van der Waals surface area contributed by atoms with Crippen molar-refractivity contribution in [3.63, 3.8) is 0 Å². The molecule has 7 heteroatoms. The normalized spacial score (nSPS) is 11.8. The summed E-state index contributed by atoms with van der Waals surface area (Å²) in [6.07, 6.45) is 4.86. The van der Waals surface area contributed by atoms with Crippen molar-refractivity contribution >= 4 is 32.5 Å². The first kappa shape index (κ1) is 17.1. The molecule has 0 radical (unpaired) electrons. The van der Waals surface area contributed by atoms with Gasteiger partial charge in [0, 0.05) is 6.26 Å². The number of nitriles is 1. The Kier molecular flexibility index (Phi) is 5.42. The van der Waals surface area contributed by atoms with E-state index in [0.29, 0.717) is 15.8 Å². The van der Waals surface area contributed by atoms with Crippen LogP contribution in [0, 0.1) is 11.5 Å². The van der Waals surface area contributed by atoms with Gasteiger partial charge < -0.3 is 0 Å². The van der Waals surface area contributed by atoms with Gasteiger partial charge in [0.1, 0.15) is 0 Å². The van der Waals surface area contributed by atoms with Crippen molar-refractivity contribution in [2.24, 2.45) is 4.99 Å². The van der Waals surface area contributed by atoms with Crippen LogP contribution in [0.15, 0.2) is 58.4 Å². The molecule has 0 aliphatic carbocycles. The second-order valence-corrected chi connectivity index (χ2v) is 7.52.